The zero-order valence-electron chi connectivity index (χ0n) is 21.3. The molecule has 2 N–H and O–H groups in total. The van der Waals surface area contributed by atoms with E-state index in [0.717, 1.165) is 22.9 Å². The number of methoxy groups -OCH3 is 1. The number of aliphatic imine (C=N–C) groups is 2. The van der Waals surface area contributed by atoms with Gasteiger partial charge in [0.25, 0.3) is 5.91 Å². The van der Waals surface area contributed by atoms with Crippen LogP contribution in [0.5, 0.6) is 5.75 Å². The van der Waals surface area contributed by atoms with E-state index < -0.39 is 6.04 Å². The highest BCUT2D eigenvalue weighted by molar-refractivity contribution is 8.14. The van der Waals surface area contributed by atoms with Gasteiger partial charge in [-0.05, 0) is 36.2 Å². The molecule has 0 aliphatic carbocycles. The van der Waals surface area contributed by atoms with E-state index in [1.807, 2.05) is 60.7 Å². The number of anilines is 1. The summed E-state index contributed by atoms with van der Waals surface area (Å²) in [5.41, 5.74) is 2.98. The van der Waals surface area contributed by atoms with Crippen LogP contribution in [0.1, 0.15) is 24.0 Å². The van der Waals surface area contributed by atoms with Gasteiger partial charge in [-0.15, -0.1) is 0 Å². The monoisotopic (exact) mass is 541 g/mol. The van der Waals surface area contributed by atoms with Gasteiger partial charge in [-0.25, -0.2) is 9.89 Å². The van der Waals surface area contributed by atoms with Gasteiger partial charge in [-0.3, -0.25) is 19.4 Å². The molecule has 2 aliphatic heterocycles. The summed E-state index contributed by atoms with van der Waals surface area (Å²) in [7, 11) is 1.54. The van der Waals surface area contributed by atoms with Crippen molar-refractivity contribution in [2.75, 3.05) is 18.2 Å². The van der Waals surface area contributed by atoms with Gasteiger partial charge in [0, 0.05) is 18.5 Å². The standard InChI is InChI=1S/C29H27N5O4S/c1-38-24-14-8-7-13-22(24)31-26(36)18-39-29-33-21-12-6-5-11-20(21)27-32-23(28(37)34(27)29)15-16-25(35)30-17-19-9-3-2-4-10-19/h2-14,23H,15-18H2,1H3,(H,30,35)(H,31,36)/t23-/m1/s1. The molecule has 3 aromatic rings. The van der Waals surface area contributed by atoms with Crippen molar-refractivity contribution in [2.45, 2.75) is 25.4 Å². The Morgan fingerprint density at radius 3 is 2.54 bits per heavy atom. The number of fused-ring (bicyclic) bond motifs is 3. The Bertz CT molecular complexity index is 1460. The first-order chi connectivity index (χ1) is 19.0. The van der Waals surface area contributed by atoms with Crippen molar-refractivity contribution in [1.82, 2.24) is 10.2 Å². The molecule has 0 aromatic heterocycles. The zero-order chi connectivity index (χ0) is 27.2. The van der Waals surface area contributed by atoms with Crippen LogP contribution < -0.4 is 15.4 Å². The Morgan fingerprint density at radius 1 is 0.974 bits per heavy atom. The minimum absolute atomic E-state index is 0.0304. The first kappa shape index (κ1) is 26.2. The second kappa shape index (κ2) is 12.0. The number of hydrogen-bond acceptors (Lipinski definition) is 7. The quantitative estimate of drug-likeness (QED) is 0.423. The maximum absolute atomic E-state index is 13.4. The Balaban J connectivity index is 1.25. The number of benzene rings is 3. The molecule has 9 nitrogen and oxygen atoms in total. The highest BCUT2D eigenvalue weighted by Gasteiger charge is 2.41. The predicted molar refractivity (Wildman–Crippen MR) is 152 cm³/mol. The normalized spacial score (nSPS) is 15.6. The number of amides is 3. The number of thioether (sulfide) groups is 1. The van der Waals surface area contributed by atoms with Gasteiger partial charge in [0.15, 0.2) is 5.17 Å². The lowest BCUT2D eigenvalue weighted by Crippen LogP contribution is -2.41. The first-order valence-corrected chi connectivity index (χ1v) is 13.5. The fourth-order valence-corrected chi connectivity index (χ4v) is 5.10. The number of carbonyl (C=O) groups is 3. The lowest BCUT2D eigenvalue weighted by Gasteiger charge is -2.25. The van der Waals surface area contributed by atoms with Crippen molar-refractivity contribution in [3.63, 3.8) is 0 Å². The van der Waals surface area contributed by atoms with Crippen LogP contribution in [-0.2, 0) is 20.9 Å². The summed E-state index contributed by atoms with van der Waals surface area (Å²) in [5.74, 6) is 0.415. The number of para-hydroxylation sites is 3. The molecule has 198 valence electrons. The van der Waals surface area contributed by atoms with Crippen molar-refractivity contribution in [1.29, 1.82) is 0 Å². The van der Waals surface area contributed by atoms with Crippen LogP contribution in [0.15, 0.2) is 88.8 Å². The lowest BCUT2D eigenvalue weighted by atomic mass is 10.1. The Hall–Kier alpha value is -4.44. The van der Waals surface area contributed by atoms with Gasteiger partial charge in [0.05, 0.1) is 24.2 Å². The number of amidine groups is 2. The fraction of sp³-hybridized carbons (Fsp3) is 0.207. The summed E-state index contributed by atoms with van der Waals surface area (Å²) in [5, 5.41) is 6.11. The van der Waals surface area contributed by atoms with Crippen LogP contribution in [0.2, 0.25) is 0 Å². The lowest BCUT2D eigenvalue weighted by molar-refractivity contribution is -0.125. The Morgan fingerprint density at radius 2 is 1.72 bits per heavy atom. The molecule has 0 fully saturated rings. The van der Waals surface area contributed by atoms with Crippen LogP contribution in [0.3, 0.4) is 0 Å². The molecule has 1 atom stereocenters. The molecule has 0 unspecified atom stereocenters. The molecule has 0 bridgehead atoms. The third-order valence-corrected chi connectivity index (χ3v) is 7.18. The summed E-state index contributed by atoms with van der Waals surface area (Å²) in [6.45, 7) is 0.427. The van der Waals surface area contributed by atoms with E-state index in [4.69, 9.17) is 9.73 Å². The number of ether oxygens (including phenoxy) is 1. The van der Waals surface area contributed by atoms with Gasteiger partial charge in [0.1, 0.15) is 17.6 Å². The highest BCUT2D eigenvalue weighted by atomic mass is 32.2. The van der Waals surface area contributed by atoms with Crippen LogP contribution in [0.25, 0.3) is 0 Å². The average molecular weight is 542 g/mol. The molecule has 0 spiro atoms. The molecule has 3 amide bonds. The molecule has 3 aromatic carbocycles. The average Bonchev–Trinajstić information content (AvgIpc) is 3.31. The maximum Gasteiger partial charge on any atom is 0.259 e. The number of nitrogens with zero attached hydrogens (tertiary/aromatic N) is 3. The minimum atomic E-state index is -0.707. The Kier molecular flexibility index (Phi) is 8.02. The molecule has 0 saturated heterocycles. The Labute approximate surface area is 230 Å². The number of nitrogens with one attached hydrogen (secondary N) is 2. The third kappa shape index (κ3) is 6.01. The van der Waals surface area contributed by atoms with E-state index in [0.29, 0.717) is 34.7 Å². The van der Waals surface area contributed by atoms with Crippen molar-refractivity contribution in [3.8, 4) is 5.75 Å². The fourth-order valence-electron chi connectivity index (χ4n) is 4.30. The van der Waals surface area contributed by atoms with E-state index in [1.54, 1.807) is 18.2 Å². The second-order valence-electron chi connectivity index (χ2n) is 8.89. The van der Waals surface area contributed by atoms with Crippen LogP contribution in [-0.4, -0.2) is 52.5 Å². The molecule has 0 radical (unpaired) electrons. The van der Waals surface area contributed by atoms with Crippen molar-refractivity contribution in [2.24, 2.45) is 9.98 Å². The van der Waals surface area contributed by atoms with Crippen LogP contribution >= 0.6 is 11.8 Å². The molecule has 0 saturated carbocycles. The molecular weight excluding hydrogens is 514 g/mol. The summed E-state index contributed by atoms with van der Waals surface area (Å²) in [6.07, 6.45) is 0.435. The molecule has 2 aliphatic rings. The first-order valence-electron chi connectivity index (χ1n) is 12.5. The molecule has 5 rings (SSSR count). The summed E-state index contributed by atoms with van der Waals surface area (Å²) >= 11 is 1.16. The van der Waals surface area contributed by atoms with Crippen LogP contribution in [0.4, 0.5) is 11.4 Å². The van der Waals surface area contributed by atoms with E-state index >= 15 is 0 Å². The van der Waals surface area contributed by atoms with Gasteiger partial charge in [-0.1, -0.05) is 66.4 Å². The van der Waals surface area contributed by atoms with E-state index in [9.17, 15) is 14.4 Å². The predicted octanol–water partition coefficient (Wildman–Crippen LogP) is 4.12. The van der Waals surface area contributed by atoms with Gasteiger partial charge < -0.3 is 15.4 Å². The zero-order valence-corrected chi connectivity index (χ0v) is 22.1. The summed E-state index contributed by atoms with van der Waals surface area (Å²) in [6, 6.07) is 23.5. The van der Waals surface area contributed by atoms with Gasteiger partial charge in [0.2, 0.25) is 11.8 Å². The third-order valence-electron chi connectivity index (χ3n) is 6.24. The summed E-state index contributed by atoms with van der Waals surface area (Å²) in [4.78, 5) is 49.5. The van der Waals surface area contributed by atoms with Crippen LogP contribution in [0, 0.1) is 0 Å². The smallest absolute Gasteiger partial charge is 0.259 e. The topological polar surface area (TPSA) is 112 Å². The van der Waals surface area contributed by atoms with Crippen molar-refractivity contribution < 1.29 is 19.1 Å². The SMILES string of the molecule is COc1ccccc1NC(=O)CSC1=Nc2ccccc2C2=N[C@H](CCC(=O)NCc3ccccc3)C(=O)N12. The number of rotatable bonds is 9. The molecule has 39 heavy (non-hydrogen) atoms. The van der Waals surface area contributed by atoms with Crippen molar-refractivity contribution in [3.05, 3.63) is 90.0 Å². The summed E-state index contributed by atoms with van der Waals surface area (Å²) < 4.78 is 5.30. The molecule has 10 heteroatoms. The maximum atomic E-state index is 13.4. The number of hydrogen-bond donors (Lipinski definition) is 2. The van der Waals surface area contributed by atoms with Gasteiger partial charge >= 0.3 is 0 Å². The second-order valence-corrected chi connectivity index (χ2v) is 9.83. The molecular formula is C29H27N5O4S. The minimum Gasteiger partial charge on any atom is -0.495 e. The van der Waals surface area contributed by atoms with E-state index in [1.165, 1.54) is 12.0 Å². The van der Waals surface area contributed by atoms with E-state index in [-0.39, 0.29) is 36.3 Å². The number of carbonyl (C=O) groups excluding carboxylic acids is 3. The largest absolute Gasteiger partial charge is 0.495 e. The van der Waals surface area contributed by atoms with E-state index in [2.05, 4.69) is 15.6 Å². The van der Waals surface area contributed by atoms with Crippen molar-refractivity contribution >= 4 is 51.9 Å². The van der Waals surface area contributed by atoms with Gasteiger partial charge in [-0.2, -0.15) is 0 Å². The molecule has 2 heterocycles. The highest BCUT2D eigenvalue weighted by Crippen LogP contribution is 2.34.